The first-order valence-electron chi connectivity index (χ1n) is 4.52. The lowest BCUT2D eigenvalue weighted by Crippen LogP contribution is -2.28. The van der Waals surface area contributed by atoms with Gasteiger partial charge in [0.15, 0.2) is 5.82 Å². The summed E-state index contributed by atoms with van der Waals surface area (Å²) in [5.41, 5.74) is 0. The molecule has 1 fully saturated rings. The zero-order valence-electron chi connectivity index (χ0n) is 7.36. The van der Waals surface area contributed by atoms with Gasteiger partial charge in [-0.1, -0.05) is 15.9 Å². The zero-order valence-corrected chi connectivity index (χ0v) is 8.94. The van der Waals surface area contributed by atoms with Gasteiger partial charge in [-0.15, -0.1) is 5.10 Å². The lowest BCUT2D eigenvalue weighted by atomic mass is 10.4. The third kappa shape index (κ3) is 2.18. The first-order valence-corrected chi connectivity index (χ1v) is 5.64. The van der Waals surface area contributed by atoms with E-state index in [0.29, 0.717) is 6.04 Å². The van der Waals surface area contributed by atoms with Crippen molar-refractivity contribution in [2.75, 3.05) is 16.8 Å². The Labute approximate surface area is 86.3 Å². The minimum Gasteiger partial charge on any atom is -0.351 e. The topological polar surface area (TPSA) is 29.0 Å². The molecule has 4 heteroatoms. The van der Waals surface area contributed by atoms with Crippen LogP contribution in [0.4, 0.5) is 5.82 Å². The average molecular weight is 242 g/mol. The molecule has 1 saturated carbocycles. The number of anilines is 1. The number of halogens is 1. The third-order valence-electron chi connectivity index (χ3n) is 2.17. The van der Waals surface area contributed by atoms with Gasteiger partial charge in [0.1, 0.15) is 0 Å². The van der Waals surface area contributed by atoms with Crippen molar-refractivity contribution < 1.29 is 0 Å². The molecule has 0 saturated heterocycles. The first-order chi connectivity index (χ1) is 6.42. The fourth-order valence-corrected chi connectivity index (χ4v) is 1.79. The highest BCUT2D eigenvalue weighted by Gasteiger charge is 2.29. The van der Waals surface area contributed by atoms with Gasteiger partial charge < -0.3 is 4.90 Å². The van der Waals surface area contributed by atoms with Gasteiger partial charge in [0.2, 0.25) is 0 Å². The number of alkyl halides is 1. The van der Waals surface area contributed by atoms with E-state index in [9.17, 15) is 0 Å². The molecule has 0 amide bonds. The van der Waals surface area contributed by atoms with Gasteiger partial charge in [-0.3, -0.25) is 0 Å². The lowest BCUT2D eigenvalue weighted by Gasteiger charge is -2.21. The summed E-state index contributed by atoms with van der Waals surface area (Å²) in [6, 6.07) is 4.66. The predicted molar refractivity (Wildman–Crippen MR) is 56.2 cm³/mol. The van der Waals surface area contributed by atoms with Crippen molar-refractivity contribution in [3.8, 4) is 0 Å². The van der Waals surface area contributed by atoms with Crippen LogP contribution < -0.4 is 4.90 Å². The maximum atomic E-state index is 4.11. The van der Waals surface area contributed by atoms with Gasteiger partial charge in [0.05, 0.1) is 0 Å². The second-order valence-electron chi connectivity index (χ2n) is 3.20. The van der Waals surface area contributed by atoms with Gasteiger partial charge in [-0.25, -0.2) is 0 Å². The smallest absolute Gasteiger partial charge is 0.151 e. The van der Waals surface area contributed by atoms with E-state index < -0.39 is 0 Å². The SMILES string of the molecule is BrCCN(c1cccnn1)C1CC1. The van der Waals surface area contributed by atoms with Crippen LogP contribution in [0.3, 0.4) is 0 Å². The maximum Gasteiger partial charge on any atom is 0.151 e. The van der Waals surface area contributed by atoms with Gasteiger partial charge in [-0.2, -0.15) is 5.10 Å². The fourth-order valence-electron chi connectivity index (χ4n) is 1.41. The van der Waals surface area contributed by atoms with Crippen LogP contribution in [0.1, 0.15) is 12.8 Å². The quantitative estimate of drug-likeness (QED) is 0.754. The monoisotopic (exact) mass is 241 g/mol. The summed E-state index contributed by atoms with van der Waals surface area (Å²) in [6.45, 7) is 1.02. The van der Waals surface area contributed by atoms with E-state index in [1.165, 1.54) is 12.8 Å². The molecule has 1 aromatic rings. The van der Waals surface area contributed by atoms with E-state index in [-0.39, 0.29) is 0 Å². The summed E-state index contributed by atoms with van der Waals surface area (Å²) < 4.78 is 0. The molecule has 1 aliphatic carbocycles. The Kier molecular flexibility index (Phi) is 2.78. The highest BCUT2D eigenvalue weighted by Crippen LogP contribution is 2.29. The van der Waals surface area contributed by atoms with Crippen LogP contribution in [0.25, 0.3) is 0 Å². The molecule has 70 valence electrons. The Morgan fingerprint density at radius 1 is 1.54 bits per heavy atom. The largest absolute Gasteiger partial charge is 0.351 e. The highest BCUT2D eigenvalue weighted by atomic mass is 79.9. The molecular weight excluding hydrogens is 230 g/mol. The molecule has 0 aliphatic heterocycles. The second-order valence-corrected chi connectivity index (χ2v) is 3.99. The number of hydrogen-bond acceptors (Lipinski definition) is 3. The van der Waals surface area contributed by atoms with Crippen LogP contribution in [0.15, 0.2) is 18.3 Å². The normalized spacial score (nSPS) is 15.8. The summed E-state index contributed by atoms with van der Waals surface area (Å²) in [5, 5.41) is 8.99. The molecule has 1 heterocycles. The first kappa shape index (κ1) is 8.94. The second kappa shape index (κ2) is 4.05. The zero-order chi connectivity index (χ0) is 9.10. The van der Waals surface area contributed by atoms with Crippen LogP contribution in [0.2, 0.25) is 0 Å². The van der Waals surface area contributed by atoms with Crippen LogP contribution in [-0.4, -0.2) is 28.1 Å². The predicted octanol–water partition coefficient (Wildman–Crippen LogP) is 1.84. The van der Waals surface area contributed by atoms with Crippen molar-refractivity contribution in [3.05, 3.63) is 18.3 Å². The van der Waals surface area contributed by atoms with Gasteiger partial charge in [0.25, 0.3) is 0 Å². The molecule has 0 N–H and O–H groups in total. The molecule has 1 aromatic heterocycles. The van der Waals surface area contributed by atoms with E-state index in [0.717, 1.165) is 17.7 Å². The summed E-state index contributed by atoms with van der Waals surface area (Å²) in [6.07, 6.45) is 4.30. The molecule has 0 aromatic carbocycles. The van der Waals surface area contributed by atoms with Crippen LogP contribution in [-0.2, 0) is 0 Å². The molecule has 0 bridgehead atoms. The molecule has 0 radical (unpaired) electrons. The summed E-state index contributed by atoms with van der Waals surface area (Å²) in [4.78, 5) is 2.32. The number of hydrogen-bond donors (Lipinski definition) is 0. The average Bonchev–Trinajstić information content (AvgIpc) is 2.99. The van der Waals surface area contributed by atoms with Crippen LogP contribution in [0, 0.1) is 0 Å². The van der Waals surface area contributed by atoms with E-state index in [1.807, 2.05) is 12.1 Å². The van der Waals surface area contributed by atoms with E-state index in [4.69, 9.17) is 0 Å². The van der Waals surface area contributed by atoms with Crippen molar-refractivity contribution in [2.24, 2.45) is 0 Å². The molecule has 0 atom stereocenters. The van der Waals surface area contributed by atoms with Crippen LogP contribution >= 0.6 is 15.9 Å². The van der Waals surface area contributed by atoms with Gasteiger partial charge >= 0.3 is 0 Å². The standard InChI is InChI=1S/C9H12BrN3/c10-5-7-13(8-3-4-8)9-2-1-6-11-12-9/h1-2,6,8H,3-5,7H2. The third-order valence-corrected chi connectivity index (χ3v) is 2.52. The van der Waals surface area contributed by atoms with Crippen molar-refractivity contribution in [2.45, 2.75) is 18.9 Å². The van der Waals surface area contributed by atoms with Crippen molar-refractivity contribution in [1.29, 1.82) is 0 Å². The minimum atomic E-state index is 0.703. The summed E-state index contributed by atoms with van der Waals surface area (Å²) in [7, 11) is 0. The Hall–Kier alpha value is -0.640. The van der Waals surface area contributed by atoms with E-state index in [1.54, 1.807) is 6.20 Å². The van der Waals surface area contributed by atoms with Crippen molar-refractivity contribution >= 4 is 21.7 Å². The van der Waals surface area contributed by atoms with Crippen LogP contribution in [0.5, 0.6) is 0 Å². The summed E-state index contributed by atoms with van der Waals surface area (Å²) in [5.74, 6) is 1.00. The van der Waals surface area contributed by atoms with Crippen molar-refractivity contribution in [1.82, 2.24) is 10.2 Å². The number of nitrogens with zero attached hydrogens (tertiary/aromatic N) is 3. The highest BCUT2D eigenvalue weighted by molar-refractivity contribution is 9.09. The number of rotatable bonds is 4. The maximum absolute atomic E-state index is 4.11. The fraction of sp³-hybridized carbons (Fsp3) is 0.556. The Bertz CT molecular complexity index is 261. The summed E-state index contributed by atoms with van der Waals surface area (Å²) >= 11 is 3.45. The van der Waals surface area contributed by atoms with E-state index in [2.05, 4.69) is 31.0 Å². The molecular formula is C9H12BrN3. The van der Waals surface area contributed by atoms with Gasteiger partial charge in [0, 0.05) is 24.1 Å². The molecule has 1 aliphatic rings. The number of aromatic nitrogens is 2. The molecule has 13 heavy (non-hydrogen) atoms. The van der Waals surface area contributed by atoms with E-state index >= 15 is 0 Å². The molecule has 0 spiro atoms. The Morgan fingerprint density at radius 2 is 2.38 bits per heavy atom. The lowest BCUT2D eigenvalue weighted by molar-refractivity contribution is 0.798. The minimum absolute atomic E-state index is 0.703. The Balaban J connectivity index is 2.10. The molecule has 0 unspecified atom stereocenters. The molecule has 3 nitrogen and oxygen atoms in total. The molecule has 2 rings (SSSR count). The van der Waals surface area contributed by atoms with Crippen molar-refractivity contribution in [3.63, 3.8) is 0 Å². The Morgan fingerprint density at radius 3 is 2.92 bits per heavy atom. The van der Waals surface area contributed by atoms with Gasteiger partial charge in [-0.05, 0) is 25.0 Å².